The molecule has 6 nitrogen and oxygen atoms in total. The first-order valence-electron chi connectivity index (χ1n) is 6.83. The highest BCUT2D eigenvalue weighted by molar-refractivity contribution is 5.39. The number of nitrogens with one attached hydrogen (secondary N) is 1. The highest BCUT2D eigenvalue weighted by atomic mass is 16.6. The maximum Gasteiger partial charge on any atom is 0.272 e. The van der Waals surface area contributed by atoms with Crippen molar-refractivity contribution in [2.75, 3.05) is 26.4 Å². The van der Waals surface area contributed by atoms with Crippen molar-refractivity contribution in [2.45, 2.75) is 24.8 Å². The van der Waals surface area contributed by atoms with Gasteiger partial charge in [0, 0.05) is 36.9 Å². The van der Waals surface area contributed by atoms with E-state index in [2.05, 4.69) is 5.32 Å². The molecule has 1 aromatic carbocycles. The van der Waals surface area contributed by atoms with E-state index in [0.717, 1.165) is 12.8 Å². The van der Waals surface area contributed by atoms with Gasteiger partial charge in [-0.2, -0.15) is 0 Å². The van der Waals surface area contributed by atoms with Crippen LogP contribution in [-0.4, -0.2) is 41.9 Å². The van der Waals surface area contributed by atoms with Crippen LogP contribution in [0.3, 0.4) is 0 Å². The number of para-hydroxylation sites is 1. The molecular formula is C14H20N2O4. The predicted octanol–water partition coefficient (Wildman–Crippen LogP) is 1.27. The standard InChI is InChI=1S/C14H20N2O4/c17-11-14(6-9-20-10-7-14)15-8-5-12-3-1-2-4-13(12)16(18)19/h1-4,15,17H,5-11H2. The van der Waals surface area contributed by atoms with Gasteiger partial charge in [-0.15, -0.1) is 0 Å². The molecule has 0 bridgehead atoms. The van der Waals surface area contributed by atoms with E-state index in [4.69, 9.17) is 4.74 Å². The Hall–Kier alpha value is -1.50. The van der Waals surface area contributed by atoms with E-state index < -0.39 is 0 Å². The van der Waals surface area contributed by atoms with E-state index in [1.54, 1.807) is 18.2 Å². The predicted molar refractivity (Wildman–Crippen MR) is 74.7 cm³/mol. The van der Waals surface area contributed by atoms with Gasteiger partial charge >= 0.3 is 0 Å². The van der Waals surface area contributed by atoms with Gasteiger partial charge in [0.25, 0.3) is 5.69 Å². The summed E-state index contributed by atoms with van der Waals surface area (Å²) in [6, 6.07) is 6.77. The van der Waals surface area contributed by atoms with Crippen LogP contribution < -0.4 is 5.32 Å². The molecule has 0 radical (unpaired) electrons. The minimum atomic E-state index is -0.356. The molecular weight excluding hydrogens is 260 g/mol. The van der Waals surface area contributed by atoms with Crippen LogP contribution in [0.5, 0.6) is 0 Å². The first-order chi connectivity index (χ1) is 9.67. The number of nitrogens with zero attached hydrogens (tertiary/aromatic N) is 1. The third-order valence-corrected chi connectivity index (χ3v) is 3.84. The maximum absolute atomic E-state index is 10.9. The number of nitro groups is 1. The minimum absolute atomic E-state index is 0.0627. The van der Waals surface area contributed by atoms with E-state index in [1.807, 2.05) is 0 Å². The fraction of sp³-hybridized carbons (Fsp3) is 0.571. The molecule has 20 heavy (non-hydrogen) atoms. The number of aliphatic hydroxyl groups excluding tert-OH is 1. The Morgan fingerprint density at radius 3 is 2.70 bits per heavy atom. The molecule has 0 aromatic heterocycles. The van der Waals surface area contributed by atoms with Gasteiger partial charge in [-0.05, 0) is 19.3 Å². The van der Waals surface area contributed by atoms with Gasteiger partial charge in [0.05, 0.1) is 11.5 Å². The summed E-state index contributed by atoms with van der Waals surface area (Å²) in [4.78, 5) is 10.6. The van der Waals surface area contributed by atoms with Crippen molar-refractivity contribution < 1.29 is 14.8 Å². The highest BCUT2D eigenvalue weighted by Crippen LogP contribution is 2.21. The summed E-state index contributed by atoms with van der Waals surface area (Å²) in [7, 11) is 0. The molecule has 1 aliphatic heterocycles. The third kappa shape index (κ3) is 3.53. The Balaban J connectivity index is 1.94. The van der Waals surface area contributed by atoms with Crippen molar-refractivity contribution in [3.05, 3.63) is 39.9 Å². The van der Waals surface area contributed by atoms with Crippen molar-refractivity contribution in [1.29, 1.82) is 0 Å². The highest BCUT2D eigenvalue weighted by Gasteiger charge is 2.31. The molecule has 1 heterocycles. The summed E-state index contributed by atoms with van der Waals surface area (Å²) >= 11 is 0. The Kier molecular flexibility index (Phi) is 5.05. The zero-order valence-electron chi connectivity index (χ0n) is 11.4. The average Bonchev–Trinajstić information content (AvgIpc) is 2.48. The first kappa shape index (κ1) is 14.9. The quantitative estimate of drug-likeness (QED) is 0.605. The van der Waals surface area contributed by atoms with Gasteiger partial charge in [0.1, 0.15) is 0 Å². The summed E-state index contributed by atoms with van der Waals surface area (Å²) in [5.41, 5.74) is 0.561. The van der Waals surface area contributed by atoms with E-state index >= 15 is 0 Å². The number of hydrogen-bond donors (Lipinski definition) is 2. The van der Waals surface area contributed by atoms with Crippen LogP contribution in [0.15, 0.2) is 24.3 Å². The van der Waals surface area contributed by atoms with Crippen LogP contribution in [0, 0.1) is 10.1 Å². The normalized spacial score (nSPS) is 17.9. The van der Waals surface area contributed by atoms with Crippen LogP contribution in [0.2, 0.25) is 0 Å². The van der Waals surface area contributed by atoms with Crippen molar-refractivity contribution in [3.8, 4) is 0 Å². The molecule has 6 heteroatoms. The van der Waals surface area contributed by atoms with Gasteiger partial charge < -0.3 is 15.2 Å². The molecule has 1 saturated heterocycles. The van der Waals surface area contributed by atoms with Crippen LogP contribution in [-0.2, 0) is 11.2 Å². The first-order valence-corrected chi connectivity index (χ1v) is 6.83. The largest absolute Gasteiger partial charge is 0.394 e. The second-order valence-electron chi connectivity index (χ2n) is 5.11. The molecule has 0 amide bonds. The zero-order valence-corrected chi connectivity index (χ0v) is 11.4. The van der Waals surface area contributed by atoms with Crippen LogP contribution in [0.4, 0.5) is 5.69 Å². The molecule has 2 rings (SSSR count). The monoisotopic (exact) mass is 280 g/mol. The Morgan fingerprint density at radius 2 is 2.05 bits per heavy atom. The molecule has 1 aromatic rings. The van der Waals surface area contributed by atoms with E-state index in [0.29, 0.717) is 31.7 Å². The number of rotatable bonds is 6. The number of nitro benzene ring substituents is 1. The molecule has 2 N–H and O–H groups in total. The van der Waals surface area contributed by atoms with Crippen molar-refractivity contribution in [1.82, 2.24) is 5.32 Å². The van der Waals surface area contributed by atoms with Crippen molar-refractivity contribution in [3.63, 3.8) is 0 Å². The Labute approximate surface area is 117 Å². The lowest BCUT2D eigenvalue weighted by atomic mass is 9.91. The van der Waals surface area contributed by atoms with Gasteiger partial charge in [-0.1, -0.05) is 18.2 Å². The molecule has 1 fully saturated rings. The fourth-order valence-corrected chi connectivity index (χ4v) is 2.52. The molecule has 0 aliphatic carbocycles. The lowest BCUT2D eigenvalue weighted by Crippen LogP contribution is -2.52. The van der Waals surface area contributed by atoms with E-state index in [9.17, 15) is 15.2 Å². The van der Waals surface area contributed by atoms with E-state index in [-0.39, 0.29) is 22.8 Å². The lowest BCUT2D eigenvalue weighted by Gasteiger charge is -2.36. The van der Waals surface area contributed by atoms with Gasteiger partial charge in [0.15, 0.2) is 0 Å². The Bertz CT molecular complexity index is 458. The van der Waals surface area contributed by atoms with Gasteiger partial charge in [-0.25, -0.2) is 0 Å². The number of aliphatic hydroxyl groups is 1. The summed E-state index contributed by atoms with van der Waals surface area (Å²) in [5.74, 6) is 0. The molecule has 0 spiro atoms. The van der Waals surface area contributed by atoms with Crippen LogP contribution in [0.1, 0.15) is 18.4 Å². The summed E-state index contributed by atoms with van der Waals surface area (Å²) in [6.07, 6.45) is 2.10. The van der Waals surface area contributed by atoms with Crippen molar-refractivity contribution >= 4 is 5.69 Å². The van der Waals surface area contributed by atoms with Gasteiger partial charge in [-0.3, -0.25) is 10.1 Å². The topological polar surface area (TPSA) is 84.6 Å². The second kappa shape index (κ2) is 6.78. The molecule has 0 unspecified atom stereocenters. The SMILES string of the molecule is O=[N+]([O-])c1ccccc1CCNC1(CO)CCOCC1. The maximum atomic E-state index is 10.9. The number of hydrogen-bond acceptors (Lipinski definition) is 5. The Morgan fingerprint density at radius 1 is 1.35 bits per heavy atom. The molecule has 1 aliphatic rings. The summed E-state index contributed by atoms with van der Waals surface area (Å²) < 4.78 is 5.30. The second-order valence-corrected chi connectivity index (χ2v) is 5.11. The van der Waals surface area contributed by atoms with E-state index in [1.165, 1.54) is 6.07 Å². The van der Waals surface area contributed by atoms with Crippen molar-refractivity contribution in [2.24, 2.45) is 0 Å². The molecule has 0 saturated carbocycles. The third-order valence-electron chi connectivity index (χ3n) is 3.84. The zero-order chi connectivity index (χ0) is 14.4. The lowest BCUT2D eigenvalue weighted by molar-refractivity contribution is -0.385. The number of benzene rings is 1. The average molecular weight is 280 g/mol. The molecule has 0 atom stereocenters. The fourth-order valence-electron chi connectivity index (χ4n) is 2.52. The molecule has 110 valence electrons. The smallest absolute Gasteiger partial charge is 0.272 e. The van der Waals surface area contributed by atoms with Gasteiger partial charge in [0.2, 0.25) is 0 Å². The number of ether oxygens (including phenoxy) is 1. The summed E-state index contributed by atoms with van der Waals surface area (Å²) in [5, 5.41) is 23.8. The van der Waals surface area contributed by atoms with Crippen LogP contribution >= 0.6 is 0 Å². The van der Waals surface area contributed by atoms with Crippen LogP contribution in [0.25, 0.3) is 0 Å². The summed E-state index contributed by atoms with van der Waals surface area (Å²) in [6.45, 7) is 1.94. The minimum Gasteiger partial charge on any atom is -0.394 e.